The molecule has 0 saturated heterocycles. The minimum Gasteiger partial charge on any atom is -0.483 e. The lowest BCUT2D eigenvalue weighted by Gasteiger charge is -2.11. The molecular formula is C26H19Cl2N3O5. The van der Waals surface area contributed by atoms with Gasteiger partial charge in [0.2, 0.25) is 0 Å². The first-order valence-corrected chi connectivity index (χ1v) is 11.1. The van der Waals surface area contributed by atoms with Crippen LogP contribution in [-0.2, 0) is 14.3 Å². The number of ether oxygens (including phenoxy) is 2. The summed E-state index contributed by atoms with van der Waals surface area (Å²) >= 11 is 12.1. The second kappa shape index (κ2) is 12.4. The van der Waals surface area contributed by atoms with E-state index in [1.165, 1.54) is 49.6 Å². The largest absolute Gasteiger partial charge is 0.483 e. The van der Waals surface area contributed by atoms with Crippen LogP contribution in [0.5, 0.6) is 5.75 Å². The smallest absolute Gasteiger partial charge is 0.337 e. The molecule has 3 aromatic rings. The van der Waals surface area contributed by atoms with Crippen LogP contribution in [0.1, 0.15) is 15.9 Å². The number of carbonyl (C=O) groups excluding carboxylic acids is 3. The lowest BCUT2D eigenvalue weighted by Crippen LogP contribution is -2.20. The van der Waals surface area contributed by atoms with Gasteiger partial charge in [0.1, 0.15) is 17.4 Å². The van der Waals surface area contributed by atoms with Crippen molar-refractivity contribution in [2.45, 2.75) is 0 Å². The molecule has 0 fully saturated rings. The highest BCUT2D eigenvalue weighted by Crippen LogP contribution is 2.26. The third-order valence-electron chi connectivity index (χ3n) is 4.71. The van der Waals surface area contributed by atoms with Crippen LogP contribution < -0.4 is 15.4 Å². The topological polar surface area (TPSA) is 118 Å². The van der Waals surface area contributed by atoms with E-state index in [1.807, 2.05) is 6.07 Å². The SMILES string of the molecule is COC(=O)c1ccc(NC(=O)/C(C#N)=C\c2cc(Cl)ccc2OCC(=O)Nc2ccccc2Cl)cc1. The molecule has 0 unspecified atom stereocenters. The number of esters is 1. The number of rotatable bonds is 8. The summed E-state index contributed by atoms with van der Waals surface area (Å²) in [6, 6.07) is 19.1. The first-order valence-electron chi connectivity index (χ1n) is 10.4. The standard InChI is InChI=1S/C26H19Cl2N3O5/c1-35-26(34)16-6-9-20(10-7-16)30-25(33)18(14-29)12-17-13-19(27)8-11-23(17)36-15-24(32)31-22-5-3-2-4-21(22)28/h2-13H,15H2,1H3,(H,30,33)(H,31,32)/b18-12-. The molecule has 2 N–H and O–H groups in total. The summed E-state index contributed by atoms with van der Waals surface area (Å²) in [5.74, 6) is -1.43. The highest BCUT2D eigenvalue weighted by atomic mass is 35.5. The van der Waals surface area contributed by atoms with Crippen molar-refractivity contribution in [3.8, 4) is 11.8 Å². The van der Waals surface area contributed by atoms with E-state index >= 15 is 0 Å². The highest BCUT2D eigenvalue weighted by Gasteiger charge is 2.14. The molecule has 36 heavy (non-hydrogen) atoms. The zero-order valence-corrected chi connectivity index (χ0v) is 20.4. The zero-order valence-electron chi connectivity index (χ0n) is 18.9. The number of anilines is 2. The first-order chi connectivity index (χ1) is 17.3. The molecule has 0 aliphatic carbocycles. The Morgan fingerprint density at radius 3 is 2.39 bits per heavy atom. The average molecular weight is 524 g/mol. The molecule has 0 heterocycles. The maximum absolute atomic E-state index is 12.7. The number of halogens is 2. The molecule has 3 aromatic carbocycles. The number of nitrogens with one attached hydrogen (secondary N) is 2. The van der Waals surface area contributed by atoms with Crippen LogP contribution in [0.2, 0.25) is 10.0 Å². The maximum atomic E-state index is 12.7. The molecule has 3 rings (SSSR count). The van der Waals surface area contributed by atoms with E-state index in [4.69, 9.17) is 27.9 Å². The van der Waals surface area contributed by atoms with Gasteiger partial charge in [0.15, 0.2) is 6.61 Å². The van der Waals surface area contributed by atoms with Crippen molar-refractivity contribution in [1.82, 2.24) is 0 Å². The van der Waals surface area contributed by atoms with Crippen LogP contribution in [-0.4, -0.2) is 31.5 Å². The maximum Gasteiger partial charge on any atom is 0.337 e. The normalized spacial score (nSPS) is 10.7. The summed E-state index contributed by atoms with van der Waals surface area (Å²) in [6.45, 7) is -0.353. The van der Waals surface area contributed by atoms with E-state index in [2.05, 4.69) is 15.4 Å². The quantitative estimate of drug-likeness (QED) is 0.233. The molecule has 0 spiro atoms. The lowest BCUT2D eigenvalue weighted by molar-refractivity contribution is -0.118. The number of carbonyl (C=O) groups is 3. The van der Waals surface area contributed by atoms with Gasteiger partial charge in [0.25, 0.3) is 11.8 Å². The highest BCUT2D eigenvalue weighted by molar-refractivity contribution is 6.33. The Kier molecular flexibility index (Phi) is 9.06. The van der Waals surface area contributed by atoms with E-state index < -0.39 is 17.8 Å². The van der Waals surface area contributed by atoms with Gasteiger partial charge in [0, 0.05) is 16.3 Å². The van der Waals surface area contributed by atoms with Gasteiger partial charge in [0.05, 0.1) is 23.4 Å². The Morgan fingerprint density at radius 2 is 1.72 bits per heavy atom. The Hall–Kier alpha value is -4.32. The number of hydrogen-bond donors (Lipinski definition) is 2. The number of nitriles is 1. The van der Waals surface area contributed by atoms with Gasteiger partial charge >= 0.3 is 5.97 Å². The number of benzene rings is 3. The molecule has 0 saturated carbocycles. The van der Waals surface area contributed by atoms with Crippen LogP contribution in [0.3, 0.4) is 0 Å². The van der Waals surface area contributed by atoms with Crippen molar-refractivity contribution in [1.29, 1.82) is 5.26 Å². The number of para-hydroxylation sites is 1. The molecular weight excluding hydrogens is 505 g/mol. The van der Waals surface area contributed by atoms with Crippen LogP contribution in [0.25, 0.3) is 6.08 Å². The third kappa shape index (κ3) is 7.09. The Bertz CT molecular complexity index is 1360. The summed E-state index contributed by atoms with van der Waals surface area (Å²) in [6.07, 6.45) is 1.30. The van der Waals surface area contributed by atoms with Crippen LogP contribution >= 0.6 is 23.2 Å². The average Bonchev–Trinajstić information content (AvgIpc) is 2.88. The van der Waals surface area contributed by atoms with Gasteiger partial charge in [-0.2, -0.15) is 5.26 Å². The molecule has 0 aliphatic heterocycles. The van der Waals surface area contributed by atoms with Crippen molar-refractivity contribution in [2.75, 3.05) is 24.4 Å². The lowest BCUT2D eigenvalue weighted by atomic mass is 10.1. The molecule has 10 heteroatoms. The molecule has 0 aromatic heterocycles. The zero-order chi connectivity index (χ0) is 26.1. The van der Waals surface area contributed by atoms with E-state index in [0.29, 0.717) is 32.5 Å². The van der Waals surface area contributed by atoms with Gasteiger partial charge in [-0.3, -0.25) is 9.59 Å². The molecule has 0 radical (unpaired) electrons. The molecule has 0 aliphatic rings. The minimum atomic E-state index is -0.689. The van der Waals surface area contributed by atoms with E-state index in [9.17, 15) is 19.6 Å². The number of hydrogen-bond acceptors (Lipinski definition) is 6. The summed E-state index contributed by atoms with van der Waals surface area (Å²) in [5.41, 5.74) is 1.20. The third-order valence-corrected chi connectivity index (χ3v) is 5.27. The van der Waals surface area contributed by atoms with Gasteiger partial charge in [-0.1, -0.05) is 35.3 Å². The number of methoxy groups -OCH3 is 1. The van der Waals surface area contributed by atoms with E-state index in [-0.39, 0.29) is 17.9 Å². The monoisotopic (exact) mass is 523 g/mol. The molecule has 8 nitrogen and oxygen atoms in total. The summed E-state index contributed by atoms with van der Waals surface area (Å²) < 4.78 is 10.2. The summed E-state index contributed by atoms with van der Waals surface area (Å²) in [5, 5.41) is 15.5. The van der Waals surface area contributed by atoms with Crippen LogP contribution in [0, 0.1) is 11.3 Å². The minimum absolute atomic E-state index is 0.233. The van der Waals surface area contributed by atoms with Crippen molar-refractivity contribution >= 4 is 58.4 Å². The van der Waals surface area contributed by atoms with Gasteiger partial charge in [-0.25, -0.2) is 4.79 Å². The first kappa shape index (κ1) is 26.3. The van der Waals surface area contributed by atoms with Crippen molar-refractivity contribution in [2.24, 2.45) is 0 Å². The number of amides is 2. The molecule has 182 valence electrons. The second-order valence-corrected chi connectivity index (χ2v) is 8.04. The predicted molar refractivity (Wildman–Crippen MR) is 137 cm³/mol. The molecule has 2 amide bonds. The molecule has 0 bridgehead atoms. The fourth-order valence-electron chi connectivity index (χ4n) is 2.97. The van der Waals surface area contributed by atoms with Crippen molar-refractivity contribution < 1.29 is 23.9 Å². The Morgan fingerprint density at radius 1 is 1.00 bits per heavy atom. The summed E-state index contributed by atoms with van der Waals surface area (Å²) in [4.78, 5) is 36.5. The fourth-order valence-corrected chi connectivity index (χ4v) is 3.33. The van der Waals surface area contributed by atoms with E-state index in [0.717, 1.165) is 0 Å². The van der Waals surface area contributed by atoms with Crippen LogP contribution in [0.15, 0.2) is 72.3 Å². The Balaban J connectivity index is 1.73. The van der Waals surface area contributed by atoms with Gasteiger partial charge < -0.3 is 20.1 Å². The van der Waals surface area contributed by atoms with Gasteiger partial charge in [-0.05, 0) is 60.7 Å². The Labute approximate surface area is 217 Å². The summed E-state index contributed by atoms with van der Waals surface area (Å²) in [7, 11) is 1.27. The number of nitrogens with zero attached hydrogens (tertiary/aromatic N) is 1. The molecule has 0 atom stereocenters. The van der Waals surface area contributed by atoms with E-state index in [1.54, 1.807) is 30.3 Å². The predicted octanol–water partition coefficient (Wildman–Crippen LogP) is 5.34. The van der Waals surface area contributed by atoms with Crippen molar-refractivity contribution in [3.63, 3.8) is 0 Å². The van der Waals surface area contributed by atoms with Gasteiger partial charge in [-0.15, -0.1) is 0 Å². The van der Waals surface area contributed by atoms with Crippen LogP contribution in [0.4, 0.5) is 11.4 Å². The van der Waals surface area contributed by atoms with Crippen molar-refractivity contribution in [3.05, 3.63) is 93.5 Å². The second-order valence-electron chi connectivity index (χ2n) is 7.19. The fraction of sp³-hybridized carbons (Fsp3) is 0.0769.